The summed E-state index contributed by atoms with van der Waals surface area (Å²) in [6.07, 6.45) is 2.84. The first-order valence-corrected chi connectivity index (χ1v) is 8.30. The van der Waals surface area contributed by atoms with Crippen LogP contribution in [-0.4, -0.2) is 42.2 Å². The first-order valence-electron chi connectivity index (χ1n) is 7.55. The largest absolute Gasteiger partial charge is 0.491 e. The highest BCUT2D eigenvalue weighted by atomic mass is 35.5. The number of likely N-dealkylation sites (tertiary alicyclic amines) is 1. The lowest BCUT2D eigenvalue weighted by molar-refractivity contribution is -0.149. The molecule has 128 valence electrons. The van der Waals surface area contributed by atoms with Gasteiger partial charge in [0.1, 0.15) is 12.4 Å². The van der Waals surface area contributed by atoms with Crippen LogP contribution in [0.3, 0.4) is 0 Å². The number of hydrogen-bond acceptors (Lipinski definition) is 3. The van der Waals surface area contributed by atoms with Gasteiger partial charge in [0, 0.05) is 30.7 Å². The molecular formula is C16H20Cl3NO3. The predicted octanol–water partition coefficient (Wildman–Crippen LogP) is 3.98. The molecule has 7 heteroatoms. The number of halogens is 3. The highest BCUT2D eigenvalue weighted by molar-refractivity contribution is 6.34. The SMILES string of the molecule is Cl.O=C(O)[C@@]12CCC[C@H]1CN(CCOc1cc(Cl)ccc1Cl)C2. The number of ether oxygens (including phenoxy) is 1. The summed E-state index contributed by atoms with van der Waals surface area (Å²) in [7, 11) is 0. The van der Waals surface area contributed by atoms with Crippen molar-refractivity contribution in [2.24, 2.45) is 11.3 Å². The molecule has 0 unspecified atom stereocenters. The minimum Gasteiger partial charge on any atom is -0.491 e. The molecular weight excluding hydrogens is 361 g/mol. The Morgan fingerprint density at radius 1 is 1.43 bits per heavy atom. The molecule has 0 radical (unpaired) electrons. The van der Waals surface area contributed by atoms with Crippen LogP contribution in [0.2, 0.25) is 10.0 Å². The van der Waals surface area contributed by atoms with Gasteiger partial charge in [-0.1, -0.05) is 29.6 Å². The molecule has 1 aromatic rings. The van der Waals surface area contributed by atoms with Crippen LogP contribution in [0.15, 0.2) is 18.2 Å². The van der Waals surface area contributed by atoms with E-state index in [9.17, 15) is 9.90 Å². The Kier molecular flexibility index (Phi) is 6.06. The van der Waals surface area contributed by atoms with Crippen LogP contribution in [0.5, 0.6) is 5.75 Å². The van der Waals surface area contributed by atoms with Crippen LogP contribution >= 0.6 is 35.6 Å². The van der Waals surface area contributed by atoms with Gasteiger partial charge in [-0.2, -0.15) is 0 Å². The number of fused-ring (bicyclic) bond motifs is 1. The van der Waals surface area contributed by atoms with Crippen LogP contribution < -0.4 is 4.74 Å². The van der Waals surface area contributed by atoms with E-state index in [1.165, 1.54) is 0 Å². The first kappa shape index (κ1) is 18.7. The Morgan fingerprint density at radius 2 is 2.22 bits per heavy atom. The van der Waals surface area contributed by atoms with Crippen LogP contribution in [0.1, 0.15) is 19.3 Å². The van der Waals surface area contributed by atoms with Crippen molar-refractivity contribution in [1.82, 2.24) is 4.90 Å². The molecule has 1 saturated carbocycles. The van der Waals surface area contributed by atoms with E-state index in [1.54, 1.807) is 18.2 Å². The molecule has 1 aromatic carbocycles. The van der Waals surface area contributed by atoms with Gasteiger partial charge in [-0.05, 0) is 30.9 Å². The molecule has 4 nitrogen and oxygen atoms in total. The van der Waals surface area contributed by atoms with Crippen molar-refractivity contribution < 1.29 is 14.6 Å². The summed E-state index contributed by atoms with van der Waals surface area (Å²) in [6, 6.07) is 5.12. The maximum absolute atomic E-state index is 11.6. The van der Waals surface area contributed by atoms with Gasteiger partial charge in [-0.3, -0.25) is 9.69 Å². The second kappa shape index (κ2) is 7.47. The number of rotatable bonds is 5. The molecule has 0 bridgehead atoms. The molecule has 23 heavy (non-hydrogen) atoms. The zero-order valence-electron chi connectivity index (χ0n) is 12.6. The van der Waals surface area contributed by atoms with Crippen LogP contribution in [-0.2, 0) is 4.79 Å². The van der Waals surface area contributed by atoms with Crippen molar-refractivity contribution in [3.63, 3.8) is 0 Å². The summed E-state index contributed by atoms with van der Waals surface area (Å²) >= 11 is 12.0. The Morgan fingerprint density at radius 3 is 2.91 bits per heavy atom. The summed E-state index contributed by atoms with van der Waals surface area (Å²) in [5.41, 5.74) is -0.534. The van der Waals surface area contributed by atoms with Gasteiger partial charge in [-0.25, -0.2) is 0 Å². The molecule has 1 aliphatic carbocycles. The van der Waals surface area contributed by atoms with Gasteiger partial charge in [0.15, 0.2) is 0 Å². The van der Waals surface area contributed by atoms with E-state index in [4.69, 9.17) is 27.9 Å². The second-order valence-electron chi connectivity index (χ2n) is 6.21. The van der Waals surface area contributed by atoms with E-state index in [-0.39, 0.29) is 18.3 Å². The molecule has 1 aliphatic heterocycles. The minimum atomic E-state index is -0.642. The van der Waals surface area contributed by atoms with Crippen molar-refractivity contribution in [3.8, 4) is 5.75 Å². The summed E-state index contributed by atoms with van der Waals surface area (Å²) in [5, 5.41) is 10.7. The molecule has 0 aromatic heterocycles. The summed E-state index contributed by atoms with van der Waals surface area (Å²) < 4.78 is 5.69. The van der Waals surface area contributed by atoms with Crippen LogP contribution in [0.4, 0.5) is 0 Å². The Labute approximate surface area is 152 Å². The Bertz CT molecular complexity index is 584. The lowest BCUT2D eigenvalue weighted by Gasteiger charge is -2.23. The monoisotopic (exact) mass is 379 g/mol. The molecule has 0 amide bonds. The number of hydrogen-bond donors (Lipinski definition) is 1. The zero-order chi connectivity index (χ0) is 15.7. The highest BCUT2D eigenvalue weighted by Gasteiger charge is 2.54. The topological polar surface area (TPSA) is 49.8 Å². The van der Waals surface area contributed by atoms with Gasteiger partial charge in [0.25, 0.3) is 0 Å². The average Bonchev–Trinajstić information content (AvgIpc) is 3.00. The third-order valence-electron chi connectivity index (χ3n) is 4.93. The van der Waals surface area contributed by atoms with Crippen LogP contribution in [0, 0.1) is 11.3 Å². The van der Waals surface area contributed by atoms with Crippen molar-refractivity contribution in [3.05, 3.63) is 28.2 Å². The van der Waals surface area contributed by atoms with Crippen molar-refractivity contribution in [1.29, 1.82) is 0 Å². The summed E-state index contributed by atoms with van der Waals surface area (Å²) in [5.74, 6) is 0.206. The maximum atomic E-state index is 11.6. The molecule has 3 rings (SSSR count). The molecule has 1 saturated heterocycles. The molecule has 1 N–H and O–H groups in total. The van der Waals surface area contributed by atoms with E-state index < -0.39 is 11.4 Å². The van der Waals surface area contributed by atoms with E-state index >= 15 is 0 Å². The molecule has 2 fully saturated rings. The Hall–Kier alpha value is -0.680. The molecule has 2 aliphatic rings. The summed E-state index contributed by atoms with van der Waals surface area (Å²) in [4.78, 5) is 13.8. The van der Waals surface area contributed by atoms with Gasteiger partial charge < -0.3 is 9.84 Å². The van der Waals surface area contributed by atoms with Gasteiger partial charge in [0.05, 0.1) is 10.4 Å². The predicted molar refractivity (Wildman–Crippen MR) is 93.1 cm³/mol. The van der Waals surface area contributed by atoms with E-state index in [1.807, 2.05) is 0 Å². The molecule has 2 atom stereocenters. The van der Waals surface area contributed by atoms with E-state index in [2.05, 4.69) is 4.90 Å². The standard InChI is InChI=1S/C16H19Cl2NO3.ClH/c17-12-3-4-13(18)14(8-12)22-7-6-19-9-11-2-1-5-16(11,10-19)15(20)21;/h3-4,8,11H,1-2,5-7,9-10H2,(H,20,21);1H/t11-,16+;/m0./s1. The Balaban J connectivity index is 0.00000192. The van der Waals surface area contributed by atoms with Crippen molar-refractivity contribution in [2.75, 3.05) is 26.2 Å². The van der Waals surface area contributed by atoms with Crippen LogP contribution in [0.25, 0.3) is 0 Å². The number of carboxylic acid groups (broad SMARTS) is 1. The first-order chi connectivity index (χ1) is 10.5. The normalized spacial score (nSPS) is 26.6. The van der Waals surface area contributed by atoms with Crippen molar-refractivity contribution >= 4 is 41.6 Å². The minimum absolute atomic E-state index is 0. The van der Waals surface area contributed by atoms with Crippen molar-refractivity contribution in [2.45, 2.75) is 19.3 Å². The molecule has 0 spiro atoms. The van der Waals surface area contributed by atoms with Gasteiger partial charge in [0.2, 0.25) is 0 Å². The zero-order valence-corrected chi connectivity index (χ0v) is 15.0. The number of carbonyl (C=O) groups is 1. The third kappa shape index (κ3) is 3.71. The lowest BCUT2D eigenvalue weighted by Crippen LogP contribution is -2.36. The third-order valence-corrected chi connectivity index (χ3v) is 5.47. The quantitative estimate of drug-likeness (QED) is 0.839. The number of carboxylic acids is 1. The average molecular weight is 381 g/mol. The summed E-state index contributed by atoms with van der Waals surface area (Å²) in [6.45, 7) is 2.65. The fourth-order valence-electron chi connectivity index (χ4n) is 3.79. The lowest BCUT2D eigenvalue weighted by atomic mass is 9.81. The fraction of sp³-hybridized carbons (Fsp3) is 0.562. The van der Waals surface area contributed by atoms with E-state index in [0.29, 0.717) is 35.5 Å². The number of benzene rings is 1. The number of aliphatic carboxylic acids is 1. The highest BCUT2D eigenvalue weighted by Crippen LogP contribution is 2.48. The maximum Gasteiger partial charge on any atom is 0.311 e. The van der Waals surface area contributed by atoms with E-state index in [0.717, 1.165) is 25.8 Å². The molecule has 1 heterocycles. The number of nitrogens with zero attached hydrogens (tertiary/aromatic N) is 1. The van der Waals surface area contributed by atoms with Gasteiger partial charge >= 0.3 is 5.97 Å². The second-order valence-corrected chi connectivity index (χ2v) is 7.05. The van der Waals surface area contributed by atoms with Gasteiger partial charge in [-0.15, -0.1) is 12.4 Å². The smallest absolute Gasteiger partial charge is 0.311 e. The fourth-order valence-corrected chi connectivity index (χ4v) is 4.12.